The van der Waals surface area contributed by atoms with Crippen LogP contribution < -0.4 is 5.32 Å². The zero-order valence-electron chi connectivity index (χ0n) is 16.5. The molecule has 1 rings (SSSR count). The van der Waals surface area contributed by atoms with Crippen molar-refractivity contribution in [2.45, 2.75) is 65.2 Å². The minimum Gasteiger partial charge on any atom is -0.479 e. The van der Waals surface area contributed by atoms with Crippen LogP contribution in [0.25, 0.3) is 0 Å². The number of carboxylic acid groups (broad SMARTS) is 1. The second-order valence-electron chi connectivity index (χ2n) is 7.78. The first-order valence-corrected chi connectivity index (χ1v) is 8.94. The number of ether oxygens (including phenoxy) is 2. The zero-order valence-corrected chi connectivity index (χ0v) is 16.5. The highest BCUT2D eigenvalue weighted by molar-refractivity contribution is 5.84. The molecule has 0 saturated heterocycles. The van der Waals surface area contributed by atoms with E-state index < -0.39 is 35.8 Å². The summed E-state index contributed by atoms with van der Waals surface area (Å²) in [5, 5.41) is 11.8. The van der Waals surface area contributed by atoms with Crippen LogP contribution >= 0.6 is 0 Å². The maximum Gasteiger partial charge on any atom is 0.408 e. The number of alkyl carbamates (subject to hydrolysis) is 1. The third-order valence-electron chi connectivity index (χ3n) is 3.48. The van der Waals surface area contributed by atoms with Gasteiger partial charge in [0.15, 0.2) is 6.10 Å². The van der Waals surface area contributed by atoms with Crippen molar-refractivity contribution in [3.63, 3.8) is 0 Å². The van der Waals surface area contributed by atoms with E-state index in [0.717, 1.165) is 5.56 Å². The van der Waals surface area contributed by atoms with E-state index >= 15 is 0 Å². The third-order valence-corrected chi connectivity index (χ3v) is 3.48. The molecule has 0 aliphatic rings. The number of hydrogen-bond donors (Lipinski definition) is 2. The molecule has 0 radical (unpaired) electrons. The molecule has 0 saturated carbocycles. The van der Waals surface area contributed by atoms with Crippen LogP contribution in [0.15, 0.2) is 30.3 Å². The van der Waals surface area contributed by atoms with Gasteiger partial charge in [0, 0.05) is 6.42 Å². The molecule has 7 heteroatoms. The van der Waals surface area contributed by atoms with Crippen LogP contribution in [0, 0.1) is 5.92 Å². The second-order valence-corrected chi connectivity index (χ2v) is 7.78. The summed E-state index contributed by atoms with van der Waals surface area (Å²) in [7, 11) is 0. The number of carboxylic acids is 1. The summed E-state index contributed by atoms with van der Waals surface area (Å²) in [6.07, 6.45) is -1.69. The molecule has 1 amide bonds. The Morgan fingerprint density at radius 1 is 1.11 bits per heavy atom. The Morgan fingerprint density at radius 3 is 2.19 bits per heavy atom. The number of carbonyl (C=O) groups excluding carboxylic acids is 2. The number of benzene rings is 1. The van der Waals surface area contributed by atoms with E-state index in [2.05, 4.69) is 5.32 Å². The van der Waals surface area contributed by atoms with Crippen LogP contribution in [0.1, 0.15) is 46.6 Å². The predicted molar refractivity (Wildman–Crippen MR) is 100 cm³/mol. The van der Waals surface area contributed by atoms with Crippen molar-refractivity contribution in [2.75, 3.05) is 0 Å². The maximum absolute atomic E-state index is 12.6. The van der Waals surface area contributed by atoms with E-state index in [4.69, 9.17) is 9.47 Å². The van der Waals surface area contributed by atoms with Crippen LogP contribution in [-0.2, 0) is 25.5 Å². The Kier molecular flexibility index (Phi) is 8.28. The largest absolute Gasteiger partial charge is 0.479 e. The highest BCUT2D eigenvalue weighted by Crippen LogP contribution is 2.13. The molecule has 1 aromatic carbocycles. The number of nitrogens with one attached hydrogen (secondary N) is 1. The van der Waals surface area contributed by atoms with Gasteiger partial charge in [0.05, 0.1) is 0 Å². The molecular weight excluding hydrogens is 350 g/mol. The van der Waals surface area contributed by atoms with Gasteiger partial charge < -0.3 is 19.9 Å². The summed E-state index contributed by atoms with van der Waals surface area (Å²) < 4.78 is 10.4. The van der Waals surface area contributed by atoms with Crippen LogP contribution in [0.4, 0.5) is 4.79 Å². The van der Waals surface area contributed by atoms with E-state index in [0.29, 0.717) is 0 Å². The van der Waals surface area contributed by atoms with E-state index in [9.17, 15) is 19.5 Å². The van der Waals surface area contributed by atoms with Gasteiger partial charge in [-0.05, 0) is 38.7 Å². The van der Waals surface area contributed by atoms with Crippen LogP contribution in [0.2, 0.25) is 0 Å². The van der Waals surface area contributed by atoms with E-state index in [1.807, 2.05) is 32.0 Å². The van der Waals surface area contributed by atoms with Gasteiger partial charge in [0.1, 0.15) is 11.6 Å². The van der Waals surface area contributed by atoms with E-state index in [1.54, 1.807) is 32.9 Å². The minimum absolute atomic E-state index is 0.0327. The molecule has 0 heterocycles. The molecule has 2 atom stereocenters. The smallest absolute Gasteiger partial charge is 0.408 e. The van der Waals surface area contributed by atoms with Crippen molar-refractivity contribution in [1.82, 2.24) is 5.32 Å². The Balaban J connectivity index is 2.92. The third kappa shape index (κ3) is 9.08. The molecule has 1 aromatic rings. The molecule has 0 spiro atoms. The molecule has 0 aliphatic carbocycles. The monoisotopic (exact) mass is 379 g/mol. The molecule has 0 fully saturated rings. The average molecular weight is 379 g/mol. The van der Waals surface area contributed by atoms with Gasteiger partial charge in [-0.3, -0.25) is 0 Å². The Labute approximate surface area is 160 Å². The standard InChI is InChI=1S/C20H29NO6/c1-13(2)11-16(17(22)23)26-18(24)15(12-14-9-7-6-8-10-14)21-19(25)27-20(3,4)5/h6-10,13,15-16H,11-12H2,1-5H3,(H,21,25)(H,22,23)/t15-,16-/m0/s1. The van der Waals surface area contributed by atoms with Crippen molar-refractivity contribution in [3.05, 3.63) is 35.9 Å². The topological polar surface area (TPSA) is 102 Å². The lowest BCUT2D eigenvalue weighted by atomic mass is 10.0. The lowest BCUT2D eigenvalue weighted by molar-refractivity contribution is -0.166. The summed E-state index contributed by atoms with van der Waals surface area (Å²) in [6, 6.07) is 8.01. The van der Waals surface area contributed by atoms with Gasteiger partial charge in [-0.15, -0.1) is 0 Å². The van der Waals surface area contributed by atoms with Crippen molar-refractivity contribution in [1.29, 1.82) is 0 Å². The van der Waals surface area contributed by atoms with Gasteiger partial charge in [0.2, 0.25) is 0 Å². The first kappa shape index (κ1) is 22.5. The zero-order chi connectivity index (χ0) is 20.6. The van der Waals surface area contributed by atoms with E-state index in [-0.39, 0.29) is 18.8 Å². The molecule has 2 N–H and O–H groups in total. The van der Waals surface area contributed by atoms with Crippen molar-refractivity contribution in [3.8, 4) is 0 Å². The first-order chi connectivity index (χ1) is 12.5. The van der Waals surface area contributed by atoms with Crippen LogP contribution in [0.3, 0.4) is 0 Å². The SMILES string of the molecule is CC(C)C[C@H](OC(=O)[C@H](Cc1ccccc1)NC(=O)OC(C)(C)C)C(=O)O. The molecule has 27 heavy (non-hydrogen) atoms. The summed E-state index contributed by atoms with van der Waals surface area (Å²) in [6.45, 7) is 8.80. The van der Waals surface area contributed by atoms with Crippen LogP contribution in [0.5, 0.6) is 0 Å². The normalized spacial score (nSPS) is 13.6. The number of amides is 1. The van der Waals surface area contributed by atoms with Crippen molar-refractivity contribution < 1.29 is 29.0 Å². The predicted octanol–water partition coefficient (Wildman–Crippen LogP) is 3.16. The molecule has 7 nitrogen and oxygen atoms in total. The van der Waals surface area contributed by atoms with E-state index in [1.165, 1.54) is 0 Å². The molecule has 150 valence electrons. The molecule has 0 aromatic heterocycles. The molecule has 0 aliphatic heterocycles. The van der Waals surface area contributed by atoms with Crippen molar-refractivity contribution in [2.24, 2.45) is 5.92 Å². The maximum atomic E-state index is 12.6. The second kappa shape index (κ2) is 9.94. The fourth-order valence-corrected chi connectivity index (χ4v) is 2.34. The van der Waals surface area contributed by atoms with Crippen molar-refractivity contribution >= 4 is 18.0 Å². The summed E-state index contributed by atoms with van der Waals surface area (Å²) in [5.74, 6) is -1.99. The highest BCUT2D eigenvalue weighted by Gasteiger charge is 2.30. The first-order valence-electron chi connectivity index (χ1n) is 8.94. The lowest BCUT2D eigenvalue weighted by Crippen LogP contribution is -2.47. The summed E-state index contributed by atoms with van der Waals surface area (Å²) in [4.78, 5) is 36.1. The molecule has 0 unspecified atom stereocenters. The quantitative estimate of drug-likeness (QED) is 0.673. The van der Waals surface area contributed by atoms with Gasteiger partial charge in [-0.25, -0.2) is 14.4 Å². The minimum atomic E-state index is -1.27. The fourth-order valence-electron chi connectivity index (χ4n) is 2.34. The number of esters is 1. The Morgan fingerprint density at radius 2 is 1.70 bits per heavy atom. The number of carbonyl (C=O) groups is 3. The number of aliphatic carboxylic acids is 1. The average Bonchev–Trinajstić information content (AvgIpc) is 2.52. The molecular formula is C20H29NO6. The fraction of sp³-hybridized carbons (Fsp3) is 0.550. The van der Waals surface area contributed by atoms with Gasteiger partial charge >= 0.3 is 18.0 Å². The number of hydrogen-bond acceptors (Lipinski definition) is 5. The Hall–Kier alpha value is -2.57. The lowest BCUT2D eigenvalue weighted by Gasteiger charge is -2.24. The van der Waals surface area contributed by atoms with Gasteiger partial charge in [0.25, 0.3) is 0 Å². The summed E-state index contributed by atoms with van der Waals surface area (Å²) >= 11 is 0. The van der Waals surface area contributed by atoms with Gasteiger partial charge in [-0.1, -0.05) is 44.2 Å². The summed E-state index contributed by atoms with van der Waals surface area (Å²) in [5.41, 5.74) is 0.0678. The van der Waals surface area contributed by atoms with Crippen LogP contribution in [-0.4, -0.2) is 40.9 Å². The number of rotatable bonds is 8. The Bertz CT molecular complexity index is 636. The highest BCUT2D eigenvalue weighted by atomic mass is 16.6. The van der Waals surface area contributed by atoms with Gasteiger partial charge in [-0.2, -0.15) is 0 Å². The molecule has 0 bridgehead atoms.